The third-order valence-corrected chi connectivity index (χ3v) is 1.87. The van der Waals surface area contributed by atoms with Crippen LogP contribution in [0.2, 0.25) is 0 Å². The molecule has 0 spiro atoms. The Bertz CT molecular complexity index is 257. The minimum absolute atomic E-state index is 0. The Labute approximate surface area is 93.4 Å². The molecule has 0 N–H and O–H groups in total. The Morgan fingerprint density at radius 1 is 1.08 bits per heavy atom. The molecule has 0 nitrogen and oxygen atoms in total. The molecule has 0 unspecified atom stereocenters. The van der Waals surface area contributed by atoms with Crippen LogP contribution in [0.15, 0.2) is 48.5 Å². The molecule has 0 atom stereocenters. The predicted molar refractivity (Wildman–Crippen MR) is 53.5 cm³/mol. The molecule has 0 fully saturated rings. The van der Waals surface area contributed by atoms with E-state index in [0.717, 1.165) is 0 Å². The molecule has 2 aromatic rings. The van der Waals surface area contributed by atoms with Crippen LogP contribution in [-0.4, -0.2) is 0 Å². The summed E-state index contributed by atoms with van der Waals surface area (Å²) in [5, 5.41) is 0. The zero-order valence-corrected chi connectivity index (χ0v) is 10.5. The van der Waals surface area contributed by atoms with Gasteiger partial charge < -0.3 is 30.3 Å². The molecule has 0 aliphatic carbocycles. The van der Waals surface area contributed by atoms with Crippen molar-refractivity contribution in [1.29, 1.82) is 0 Å². The Morgan fingerprint density at radius 2 is 1.54 bits per heavy atom. The fourth-order valence-electron chi connectivity index (χ4n) is 0.920. The maximum atomic E-state index is 2.12. The van der Waals surface area contributed by atoms with Gasteiger partial charge in [0.2, 0.25) is 0 Å². The van der Waals surface area contributed by atoms with Gasteiger partial charge in [0.15, 0.2) is 0 Å². The Balaban J connectivity index is 0.000000215. The van der Waals surface area contributed by atoms with Gasteiger partial charge in [0.05, 0.1) is 0 Å². The number of hydrogen-bond acceptors (Lipinski definition) is 0. The van der Waals surface area contributed by atoms with Gasteiger partial charge in [-0.25, -0.2) is 12.1 Å². The molecule has 0 heterocycles. The van der Waals surface area contributed by atoms with Crippen molar-refractivity contribution in [1.82, 2.24) is 0 Å². The summed E-state index contributed by atoms with van der Waals surface area (Å²) in [5.41, 5.74) is 2.78. The van der Waals surface area contributed by atoms with E-state index in [1.165, 1.54) is 11.1 Å². The van der Waals surface area contributed by atoms with E-state index in [-0.39, 0.29) is 19.8 Å². The van der Waals surface area contributed by atoms with Gasteiger partial charge in [-0.2, -0.15) is 17.2 Å². The van der Waals surface area contributed by atoms with Crippen molar-refractivity contribution in [2.75, 3.05) is 0 Å². The summed E-state index contributed by atoms with van der Waals surface area (Å²) in [4.78, 5) is 0. The molecule has 0 saturated heterocycles. The van der Waals surface area contributed by atoms with Crippen LogP contribution in [0.5, 0.6) is 0 Å². The number of hydrogen-bond donors (Lipinski definition) is 0. The standard InChI is InChI=1S/C7H9.C5H5.Os/c1-6-4-3-5-7(6)2;1-2-4-5-3-1;/h3-5H,1-2H3;1-5H;/q-1;-5;. The fraction of sp³-hybridized carbons (Fsp3) is 0.167. The van der Waals surface area contributed by atoms with Crippen LogP contribution in [-0.2, 0) is 19.8 Å². The van der Waals surface area contributed by atoms with Gasteiger partial charge in [-0.3, -0.25) is 0 Å². The maximum Gasteiger partial charge on any atom is 0 e. The number of aryl methyl sites for hydroxylation is 2. The normalized spacial score (nSPS) is 8.15. The van der Waals surface area contributed by atoms with Crippen molar-refractivity contribution in [3.05, 3.63) is 59.7 Å². The second-order valence-electron chi connectivity index (χ2n) is 2.85. The van der Waals surface area contributed by atoms with Crippen LogP contribution in [0, 0.1) is 13.8 Å². The van der Waals surface area contributed by atoms with E-state index in [2.05, 4.69) is 32.0 Å². The minimum atomic E-state index is 0. The first-order valence-corrected chi connectivity index (χ1v) is 4.16. The zero-order chi connectivity index (χ0) is 8.81. The van der Waals surface area contributed by atoms with E-state index in [9.17, 15) is 0 Å². The Morgan fingerprint density at radius 3 is 1.69 bits per heavy atom. The topological polar surface area (TPSA) is 0 Å². The summed E-state index contributed by atoms with van der Waals surface area (Å²) in [7, 11) is 0. The first-order chi connectivity index (χ1) is 5.80. The van der Waals surface area contributed by atoms with Gasteiger partial charge in [0.25, 0.3) is 0 Å². The number of rotatable bonds is 0. The van der Waals surface area contributed by atoms with Crippen LogP contribution in [0.4, 0.5) is 0 Å². The summed E-state index contributed by atoms with van der Waals surface area (Å²) < 4.78 is 0. The molecule has 0 saturated carbocycles. The maximum absolute atomic E-state index is 2.12. The van der Waals surface area contributed by atoms with Crippen LogP contribution in [0.1, 0.15) is 11.1 Å². The molecule has 0 aromatic heterocycles. The van der Waals surface area contributed by atoms with Gasteiger partial charge >= 0.3 is 0 Å². The van der Waals surface area contributed by atoms with Crippen LogP contribution in [0.25, 0.3) is 0 Å². The van der Waals surface area contributed by atoms with Gasteiger partial charge in [-0.1, -0.05) is 13.8 Å². The average molecular weight is 348 g/mol. The van der Waals surface area contributed by atoms with Gasteiger partial charge in [-0.05, 0) is 0 Å². The molecule has 0 amide bonds. The molecule has 0 aliphatic rings. The van der Waals surface area contributed by atoms with Crippen molar-refractivity contribution in [2.45, 2.75) is 13.8 Å². The first-order valence-electron chi connectivity index (χ1n) is 4.16. The summed E-state index contributed by atoms with van der Waals surface area (Å²) in [6, 6.07) is 16.3. The summed E-state index contributed by atoms with van der Waals surface area (Å²) in [6.07, 6.45) is 0. The van der Waals surface area contributed by atoms with Crippen molar-refractivity contribution >= 4 is 0 Å². The van der Waals surface area contributed by atoms with Crippen LogP contribution >= 0.6 is 0 Å². The molecule has 0 radical (unpaired) electrons. The molecule has 2 aromatic carbocycles. The summed E-state index contributed by atoms with van der Waals surface area (Å²) >= 11 is 0. The molecular formula is C12H14Os-6. The van der Waals surface area contributed by atoms with E-state index < -0.39 is 0 Å². The second-order valence-corrected chi connectivity index (χ2v) is 2.85. The van der Waals surface area contributed by atoms with E-state index in [0.29, 0.717) is 0 Å². The zero-order valence-electron chi connectivity index (χ0n) is 7.97. The van der Waals surface area contributed by atoms with E-state index in [1.807, 2.05) is 30.3 Å². The third kappa shape index (κ3) is 4.81. The molecule has 76 valence electrons. The molecule has 0 bridgehead atoms. The minimum Gasteiger partial charge on any atom is -0.748 e. The van der Waals surface area contributed by atoms with Gasteiger partial charge in [0, 0.05) is 19.8 Å². The van der Waals surface area contributed by atoms with Crippen LogP contribution in [0.3, 0.4) is 0 Å². The average Bonchev–Trinajstić information content (AvgIpc) is 2.67. The largest absolute Gasteiger partial charge is 0.748 e. The Hall–Kier alpha value is -0.664. The van der Waals surface area contributed by atoms with E-state index in [4.69, 9.17) is 0 Å². The third-order valence-electron chi connectivity index (χ3n) is 1.87. The molecule has 2 rings (SSSR count). The van der Waals surface area contributed by atoms with Crippen LogP contribution < -0.4 is 0 Å². The van der Waals surface area contributed by atoms with E-state index in [1.54, 1.807) is 0 Å². The van der Waals surface area contributed by atoms with Crippen molar-refractivity contribution in [3.8, 4) is 0 Å². The van der Waals surface area contributed by atoms with Crippen molar-refractivity contribution in [2.24, 2.45) is 0 Å². The Kier molecular flexibility index (Phi) is 6.46. The molecule has 1 heteroatoms. The first kappa shape index (κ1) is 12.3. The van der Waals surface area contributed by atoms with Crippen molar-refractivity contribution < 1.29 is 19.8 Å². The smallest absolute Gasteiger partial charge is 0 e. The van der Waals surface area contributed by atoms with Gasteiger partial charge in [0.1, 0.15) is 0 Å². The quantitative estimate of drug-likeness (QED) is 0.640. The molecular weight excluding hydrogens is 334 g/mol. The molecule has 0 aliphatic heterocycles. The monoisotopic (exact) mass is 350 g/mol. The SMILES string of the molecule is Cc1ccc[c-]1C.[Os].[cH-]1[cH-][cH-][cH-][cH-]1. The second kappa shape index (κ2) is 6.81. The van der Waals surface area contributed by atoms with E-state index >= 15 is 0 Å². The molecule has 13 heavy (non-hydrogen) atoms. The fourth-order valence-corrected chi connectivity index (χ4v) is 0.920. The van der Waals surface area contributed by atoms with Gasteiger partial charge in [-0.15, -0.1) is 0 Å². The predicted octanol–water partition coefficient (Wildman–Crippen LogP) is 3.43. The summed E-state index contributed by atoms with van der Waals surface area (Å²) in [5.74, 6) is 0. The van der Waals surface area contributed by atoms with Crippen molar-refractivity contribution in [3.63, 3.8) is 0 Å². The summed E-state index contributed by atoms with van der Waals surface area (Å²) in [6.45, 7) is 4.24.